The fourth-order valence-electron chi connectivity index (χ4n) is 3.19. The van der Waals surface area contributed by atoms with Crippen LogP contribution in [0.15, 0.2) is 12.3 Å². The van der Waals surface area contributed by atoms with Crippen LogP contribution in [0.3, 0.4) is 0 Å². The molecule has 2 aromatic heterocycles. The maximum absolute atomic E-state index is 12.7. The number of likely N-dealkylation sites (N-methyl/N-ethyl adjacent to an activating group) is 2. The molecule has 6 heteroatoms. The third kappa shape index (κ3) is 2.59. The summed E-state index contributed by atoms with van der Waals surface area (Å²) < 4.78 is 1.75. The van der Waals surface area contributed by atoms with Gasteiger partial charge in [0.1, 0.15) is 0 Å². The SMILES string of the molecule is Cc1cc2ncc(C(=O)N(C)CC3CCCN3C)c(C)n2n1. The van der Waals surface area contributed by atoms with Gasteiger partial charge in [0.25, 0.3) is 5.91 Å². The summed E-state index contributed by atoms with van der Waals surface area (Å²) in [6.45, 7) is 5.72. The van der Waals surface area contributed by atoms with E-state index in [4.69, 9.17) is 0 Å². The molecule has 1 unspecified atom stereocenters. The van der Waals surface area contributed by atoms with E-state index in [-0.39, 0.29) is 5.91 Å². The second-order valence-electron chi connectivity index (χ2n) is 6.28. The first-order valence-corrected chi connectivity index (χ1v) is 7.75. The van der Waals surface area contributed by atoms with Gasteiger partial charge in [-0.2, -0.15) is 5.10 Å². The molecule has 0 radical (unpaired) electrons. The van der Waals surface area contributed by atoms with Gasteiger partial charge in [-0.3, -0.25) is 4.79 Å². The second kappa shape index (κ2) is 5.68. The lowest BCUT2D eigenvalue weighted by atomic mass is 10.1. The van der Waals surface area contributed by atoms with E-state index in [1.807, 2.05) is 27.0 Å². The molecular formula is C16H23N5O. The summed E-state index contributed by atoms with van der Waals surface area (Å²) in [5.41, 5.74) is 3.15. The molecule has 2 aromatic rings. The van der Waals surface area contributed by atoms with Gasteiger partial charge in [-0.15, -0.1) is 0 Å². The number of aromatic nitrogens is 3. The number of nitrogens with zero attached hydrogens (tertiary/aromatic N) is 5. The molecule has 6 nitrogen and oxygen atoms in total. The van der Waals surface area contributed by atoms with Crippen LogP contribution in [0.25, 0.3) is 5.65 Å². The van der Waals surface area contributed by atoms with Gasteiger partial charge in [0.2, 0.25) is 0 Å². The maximum Gasteiger partial charge on any atom is 0.257 e. The molecule has 22 heavy (non-hydrogen) atoms. The van der Waals surface area contributed by atoms with Crippen molar-refractivity contribution in [3.63, 3.8) is 0 Å². The smallest absolute Gasteiger partial charge is 0.257 e. The molecule has 1 atom stereocenters. The van der Waals surface area contributed by atoms with E-state index >= 15 is 0 Å². The molecule has 1 fully saturated rings. The molecule has 118 valence electrons. The van der Waals surface area contributed by atoms with Crippen LogP contribution in [-0.4, -0.2) is 63.5 Å². The van der Waals surface area contributed by atoms with Crippen LogP contribution in [0.1, 0.15) is 34.6 Å². The van der Waals surface area contributed by atoms with Gasteiger partial charge in [0.15, 0.2) is 5.65 Å². The lowest BCUT2D eigenvalue weighted by molar-refractivity contribution is 0.0759. The minimum atomic E-state index is 0.0142. The summed E-state index contributed by atoms with van der Waals surface area (Å²) in [6.07, 6.45) is 4.04. The number of carbonyl (C=O) groups is 1. The van der Waals surface area contributed by atoms with E-state index in [0.717, 1.165) is 36.5 Å². The lowest BCUT2D eigenvalue weighted by Gasteiger charge is -2.26. The predicted octanol–water partition coefficient (Wildman–Crippen LogP) is 1.51. The molecule has 0 bridgehead atoms. The topological polar surface area (TPSA) is 53.7 Å². The normalized spacial score (nSPS) is 19.0. The zero-order valence-corrected chi connectivity index (χ0v) is 13.7. The highest BCUT2D eigenvalue weighted by molar-refractivity contribution is 5.95. The molecule has 1 saturated heterocycles. The lowest BCUT2D eigenvalue weighted by Crippen LogP contribution is -2.39. The minimum absolute atomic E-state index is 0.0142. The fourth-order valence-corrected chi connectivity index (χ4v) is 3.19. The van der Waals surface area contributed by atoms with Crippen molar-refractivity contribution in [1.29, 1.82) is 0 Å². The zero-order chi connectivity index (χ0) is 15.9. The number of hydrogen-bond donors (Lipinski definition) is 0. The number of amides is 1. The molecule has 3 heterocycles. The first kappa shape index (κ1) is 15.0. The van der Waals surface area contributed by atoms with Gasteiger partial charge in [-0.25, -0.2) is 9.50 Å². The first-order valence-electron chi connectivity index (χ1n) is 7.75. The van der Waals surface area contributed by atoms with Crippen molar-refractivity contribution in [2.45, 2.75) is 32.7 Å². The predicted molar refractivity (Wildman–Crippen MR) is 85.1 cm³/mol. The van der Waals surface area contributed by atoms with E-state index in [2.05, 4.69) is 22.0 Å². The summed E-state index contributed by atoms with van der Waals surface area (Å²) in [5.74, 6) is 0.0142. The molecular weight excluding hydrogens is 278 g/mol. The van der Waals surface area contributed by atoms with Crippen molar-refractivity contribution >= 4 is 11.6 Å². The van der Waals surface area contributed by atoms with Crippen LogP contribution in [0.2, 0.25) is 0 Å². The van der Waals surface area contributed by atoms with Crippen molar-refractivity contribution in [3.05, 3.63) is 29.2 Å². The Labute approximate surface area is 130 Å². The Morgan fingerprint density at radius 1 is 1.45 bits per heavy atom. The Morgan fingerprint density at radius 2 is 2.23 bits per heavy atom. The Morgan fingerprint density at radius 3 is 2.91 bits per heavy atom. The first-order chi connectivity index (χ1) is 10.5. The van der Waals surface area contributed by atoms with Crippen LogP contribution < -0.4 is 0 Å². The average molecular weight is 301 g/mol. The van der Waals surface area contributed by atoms with Gasteiger partial charge >= 0.3 is 0 Å². The van der Waals surface area contributed by atoms with Gasteiger partial charge in [-0.05, 0) is 40.3 Å². The summed E-state index contributed by atoms with van der Waals surface area (Å²) >= 11 is 0. The molecule has 0 saturated carbocycles. The van der Waals surface area contributed by atoms with E-state index in [9.17, 15) is 4.79 Å². The van der Waals surface area contributed by atoms with Crippen molar-refractivity contribution in [3.8, 4) is 0 Å². The second-order valence-corrected chi connectivity index (χ2v) is 6.28. The van der Waals surface area contributed by atoms with Gasteiger partial charge in [-0.1, -0.05) is 0 Å². The highest BCUT2D eigenvalue weighted by atomic mass is 16.2. The highest BCUT2D eigenvalue weighted by Gasteiger charge is 2.25. The fraction of sp³-hybridized carbons (Fsp3) is 0.562. The Bertz CT molecular complexity index is 708. The summed E-state index contributed by atoms with van der Waals surface area (Å²) in [5, 5.41) is 4.41. The zero-order valence-electron chi connectivity index (χ0n) is 13.7. The summed E-state index contributed by atoms with van der Waals surface area (Å²) in [7, 11) is 3.99. The average Bonchev–Trinajstić information content (AvgIpc) is 3.05. The standard InChI is InChI=1S/C16H23N5O/c1-11-8-15-17-9-14(12(2)21(15)18-11)16(22)20(4)10-13-6-5-7-19(13)3/h8-9,13H,5-7,10H2,1-4H3. The number of aryl methyl sites for hydroxylation is 2. The third-order valence-corrected chi connectivity index (χ3v) is 4.58. The van der Waals surface area contributed by atoms with Crippen molar-refractivity contribution < 1.29 is 4.79 Å². The Balaban J connectivity index is 1.83. The molecule has 1 amide bonds. The Kier molecular flexibility index (Phi) is 3.87. The third-order valence-electron chi connectivity index (χ3n) is 4.58. The van der Waals surface area contributed by atoms with E-state index in [1.165, 1.54) is 6.42 Å². The largest absolute Gasteiger partial charge is 0.340 e. The van der Waals surface area contributed by atoms with Gasteiger partial charge in [0, 0.05) is 31.9 Å². The molecule has 0 spiro atoms. The summed E-state index contributed by atoms with van der Waals surface area (Å²) in [6, 6.07) is 2.37. The number of carbonyl (C=O) groups excluding carboxylic acids is 1. The quantitative estimate of drug-likeness (QED) is 0.862. The van der Waals surface area contributed by atoms with Crippen LogP contribution in [0.4, 0.5) is 0 Å². The van der Waals surface area contributed by atoms with E-state index in [0.29, 0.717) is 11.6 Å². The van der Waals surface area contributed by atoms with Crippen LogP contribution in [0.5, 0.6) is 0 Å². The molecule has 3 rings (SSSR count). The molecule has 0 N–H and O–H groups in total. The van der Waals surface area contributed by atoms with Crippen LogP contribution >= 0.6 is 0 Å². The number of hydrogen-bond acceptors (Lipinski definition) is 4. The highest BCUT2D eigenvalue weighted by Crippen LogP contribution is 2.17. The molecule has 1 aliphatic heterocycles. The van der Waals surface area contributed by atoms with Crippen molar-refractivity contribution in [2.24, 2.45) is 0 Å². The van der Waals surface area contributed by atoms with Crippen LogP contribution in [-0.2, 0) is 0 Å². The van der Waals surface area contributed by atoms with Crippen molar-refractivity contribution in [1.82, 2.24) is 24.4 Å². The maximum atomic E-state index is 12.7. The number of rotatable bonds is 3. The van der Waals surface area contributed by atoms with Crippen LogP contribution in [0, 0.1) is 13.8 Å². The van der Waals surface area contributed by atoms with E-state index in [1.54, 1.807) is 15.6 Å². The summed E-state index contributed by atoms with van der Waals surface area (Å²) in [4.78, 5) is 21.2. The van der Waals surface area contributed by atoms with Crippen molar-refractivity contribution in [2.75, 3.05) is 27.2 Å². The van der Waals surface area contributed by atoms with E-state index < -0.39 is 0 Å². The minimum Gasteiger partial charge on any atom is -0.340 e. The number of fused-ring (bicyclic) bond motifs is 1. The molecule has 1 aliphatic rings. The number of likely N-dealkylation sites (tertiary alicyclic amines) is 1. The monoisotopic (exact) mass is 301 g/mol. The Hall–Kier alpha value is -1.95. The van der Waals surface area contributed by atoms with Gasteiger partial charge in [0.05, 0.1) is 17.0 Å². The van der Waals surface area contributed by atoms with Gasteiger partial charge < -0.3 is 9.80 Å². The molecule has 0 aliphatic carbocycles. The molecule has 0 aromatic carbocycles.